The van der Waals surface area contributed by atoms with E-state index in [9.17, 15) is 0 Å². The Morgan fingerprint density at radius 3 is 2.07 bits per heavy atom. The number of piperazine rings is 1. The number of quaternary nitrogens is 1. The Bertz CT molecular complexity index is 1130. The summed E-state index contributed by atoms with van der Waals surface area (Å²) in [6, 6.07) is 28.4. The third-order valence-corrected chi connectivity index (χ3v) is 6.18. The number of benzene rings is 4. The van der Waals surface area contributed by atoms with Crippen LogP contribution in [-0.2, 0) is 6.54 Å². The quantitative estimate of drug-likeness (QED) is 0.409. The van der Waals surface area contributed by atoms with Crippen LogP contribution < -0.4 is 4.90 Å². The van der Waals surface area contributed by atoms with Crippen LogP contribution in [0.15, 0.2) is 84.0 Å². The monoisotopic (exact) mass is 394 g/mol. The van der Waals surface area contributed by atoms with Crippen molar-refractivity contribution in [1.82, 2.24) is 5.01 Å². The minimum absolute atomic E-state index is 1.00. The van der Waals surface area contributed by atoms with Crippen LogP contribution in [0.2, 0.25) is 0 Å². The molecule has 0 amide bonds. The van der Waals surface area contributed by atoms with Crippen molar-refractivity contribution in [3.63, 3.8) is 0 Å². The van der Waals surface area contributed by atoms with Gasteiger partial charge in [0.2, 0.25) is 0 Å². The van der Waals surface area contributed by atoms with Crippen LogP contribution in [0.4, 0.5) is 0 Å². The van der Waals surface area contributed by atoms with Gasteiger partial charge in [-0.1, -0.05) is 78.4 Å². The lowest BCUT2D eigenvalue weighted by Gasteiger charge is -2.30. The number of aryl methyl sites for hydroxylation is 1. The van der Waals surface area contributed by atoms with E-state index in [1.54, 1.807) is 4.90 Å². The van der Waals surface area contributed by atoms with Crippen molar-refractivity contribution in [2.45, 2.75) is 13.5 Å². The Balaban J connectivity index is 1.32. The molecule has 4 aromatic carbocycles. The molecule has 0 unspecified atom stereocenters. The largest absolute Gasteiger partial charge is 0.328 e. The second-order valence-electron chi connectivity index (χ2n) is 8.34. The SMILES string of the molecule is Cc1ccc(C[NH+]2CCN(/N=C\c3c4ccccc4cc4ccccc34)CC2)cc1. The summed E-state index contributed by atoms with van der Waals surface area (Å²) in [5.41, 5.74) is 3.97. The molecule has 0 aromatic heterocycles. The first-order valence-corrected chi connectivity index (χ1v) is 10.8. The lowest BCUT2D eigenvalue weighted by Crippen LogP contribution is -3.13. The molecule has 150 valence electrons. The molecule has 0 atom stereocenters. The van der Waals surface area contributed by atoms with E-state index in [1.165, 1.54) is 38.2 Å². The fourth-order valence-electron chi connectivity index (χ4n) is 4.43. The average molecular weight is 395 g/mol. The van der Waals surface area contributed by atoms with Gasteiger partial charge in [-0.05, 0) is 34.5 Å². The number of nitrogens with one attached hydrogen (secondary N) is 1. The van der Waals surface area contributed by atoms with E-state index in [0.717, 1.165) is 32.7 Å². The third-order valence-electron chi connectivity index (χ3n) is 6.18. The van der Waals surface area contributed by atoms with E-state index in [1.807, 2.05) is 0 Å². The van der Waals surface area contributed by atoms with Gasteiger partial charge in [-0.25, -0.2) is 0 Å². The van der Waals surface area contributed by atoms with Gasteiger partial charge < -0.3 is 4.90 Å². The summed E-state index contributed by atoms with van der Waals surface area (Å²) in [5.74, 6) is 0. The maximum atomic E-state index is 4.90. The molecule has 0 radical (unpaired) electrons. The number of nitrogens with zero attached hydrogens (tertiary/aromatic N) is 2. The van der Waals surface area contributed by atoms with Gasteiger partial charge in [0, 0.05) is 11.1 Å². The molecule has 3 nitrogen and oxygen atoms in total. The van der Waals surface area contributed by atoms with Crippen molar-refractivity contribution in [2.24, 2.45) is 5.10 Å². The van der Waals surface area contributed by atoms with Gasteiger partial charge in [-0.15, -0.1) is 0 Å². The molecule has 0 spiro atoms. The van der Waals surface area contributed by atoms with Crippen LogP contribution in [0.3, 0.4) is 0 Å². The highest BCUT2D eigenvalue weighted by molar-refractivity contribution is 6.13. The highest BCUT2D eigenvalue weighted by Gasteiger charge is 2.19. The zero-order valence-corrected chi connectivity index (χ0v) is 17.5. The van der Waals surface area contributed by atoms with E-state index in [4.69, 9.17) is 5.10 Å². The van der Waals surface area contributed by atoms with Crippen LogP contribution in [0.1, 0.15) is 16.7 Å². The highest BCUT2D eigenvalue weighted by Crippen LogP contribution is 2.27. The van der Waals surface area contributed by atoms with Crippen molar-refractivity contribution < 1.29 is 4.90 Å². The first kappa shape index (κ1) is 18.8. The average Bonchev–Trinajstić information content (AvgIpc) is 2.79. The zero-order chi connectivity index (χ0) is 20.3. The van der Waals surface area contributed by atoms with Crippen LogP contribution in [-0.4, -0.2) is 37.4 Å². The molecule has 3 heteroatoms. The summed E-state index contributed by atoms with van der Waals surface area (Å²) in [6.07, 6.45) is 2.08. The highest BCUT2D eigenvalue weighted by atomic mass is 15.5. The lowest BCUT2D eigenvalue weighted by atomic mass is 9.97. The van der Waals surface area contributed by atoms with E-state index < -0.39 is 0 Å². The molecule has 1 N–H and O–H groups in total. The van der Waals surface area contributed by atoms with Gasteiger partial charge in [0.25, 0.3) is 0 Å². The third kappa shape index (κ3) is 3.94. The minimum Gasteiger partial charge on any atom is -0.328 e. The maximum absolute atomic E-state index is 4.90. The molecular weight excluding hydrogens is 366 g/mol. The van der Waals surface area contributed by atoms with Gasteiger partial charge in [0.05, 0.1) is 32.4 Å². The molecule has 0 bridgehead atoms. The maximum Gasteiger partial charge on any atom is 0.103 e. The van der Waals surface area contributed by atoms with Crippen molar-refractivity contribution >= 4 is 27.8 Å². The van der Waals surface area contributed by atoms with Gasteiger partial charge in [0.15, 0.2) is 0 Å². The summed E-state index contributed by atoms with van der Waals surface area (Å²) in [7, 11) is 0. The van der Waals surface area contributed by atoms with Gasteiger partial charge in [0.1, 0.15) is 6.54 Å². The van der Waals surface area contributed by atoms with Crippen molar-refractivity contribution in [3.8, 4) is 0 Å². The fraction of sp³-hybridized carbons (Fsp3) is 0.222. The molecule has 1 aliphatic rings. The second kappa shape index (κ2) is 8.29. The number of hydrazone groups is 1. The summed E-state index contributed by atoms with van der Waals surface area (Å²) >= 11 is 0. The smallest absolute Gasteiger partial charge is 0.103 e. The number of rotatable bonds is 4. The lowest BCUT2D eigenvalue weighted by molar-refractivity contribution is -0.918. The van der Waals surface area contributed by atoms with Crippen LogP contribution in [0, 0.1) is 6.92 Å². The van der Waals surface area contributed by atoms with E-state index in [2.05, 4.69) is 97.0 Å². The van der Waals surface area contributed by atoms with E-state index >= 15 is 0 Å². The van der Waals surface area contributed by atoms with Gasteiger partial charge in [-0.3, -0.25) is 5.01 Å². The number of hydrogen-bond acceptors (Lipinski definition) is 2. The Morgan fingerprint density at radius 1 is 0.833 bits per heavy atom. The van der Waals surface area contributed by atoms with Crippen molar-refractivity contribution in [1.29, 1.82) is 0 Å². The zero-order valence-electron chi connectivity index (χ0n) is 17.5. The molecule has 5 rings (SSSR count). The minimum atomic E-state index is 1.00. The summed E-state index contributed by atoms with van der Waals surface area (Å²) < 4.78 is 0. The summed E-state index contributed by atoms with van der Waals surface area (Å²) in [6.45, 7) is 7.50. The molecule has 1 fully saturated rings. The van der Waals surface area contributed by atoms with E-state index in [-0.39, 0.29) is 0 Å². The number of hydrogen-bond donors (Lipinski definition) is 1. The Hall–Kier alpha value is -3.17. The molecule has 4 aromatic rings. The van der Waals surface area contributed by atoms with Crippen molar-refractivity contribution in [2.75, 3.05) is 26.2 Å². The molecule has 1 saturated heterocycles. The molecular formula is C27H28N3+. The summed E-state index contributed by atoms with van der Waals surface area (Å²) in [5, 5.41) is 12.2. The first-order chi connectivity index (χ1) is 14.8. The predicted molar refractivity (Wildman–Crippen MR) is 126 cm³/mol. The molecule has 0 aliphatic carbocycles. The predicted octanol–water partition coefficient (Wildman–Crippen LogP) is 4.04. The molecule has 0 saturated carbocycles. The van der Waals surface area contributed by atoms with Gasteiger partial charge in [-0.2, -0.15) is 5.10 Å². The van der Waals surface area contributed by atoms with Crippen LogP contribution in [0.5, 0.6) is 0 Å². The summed E-state index contributed by atoms with van der Waals surface area (Å²) in [4.78, 5) is 1.64. The van der Waals surface area contributed by atoms with Crippen LogP contribution in [0.25, 0.3) is 21.5 Å². The normalized spacial score (nSPS) is 15.4. The molecule has 30 heavy (non-hydrogen) atoms. The standard InChI is InChI=1S/C27H27N3/c1-21-10-12-22(13-11-21)20-29-14-16-30(17-15-29)28-19-27-25-8-4-2-6-23(25)18-24-7-3-5-9-26(24)27/h2-13,18-19H,14-17,20H2,1H3/p+1/b28-19-. The van der Waals surface area contributed by atoms with Crippen LogP contribution >= 0.6 is 0 Å². The first-order valence-electron chi connectivity index (χ1n) is 10.8. The van der Waals surface area contributed by atoms with Crippen molar-refractivity contribution in [3.05, 3.63) is 95.6 Å². The Labute approximate surface area is 178 Å². The molecule has 1 heterocycles. The fourth-order valence-corrected chi connectivity index (χ4v) is 4.43. The Kier molecular flexibility index (Phi) is 5.20. The second-order valence-corrected chi connectivity index (χ2v) is 8.34. The Morgan fingerprint density at radius 2 is 1.43 bits per heavy atom. The van der Waals surface area contributed by atoms with Gasteiger partial charge >= 0.3 is 0 Å². The topological polar surface area (TPSA) is 20.0 Å². The molecule has 1 aliphatic heterocycles. The van der Waals surface area contributed by atoms with E-state index in [0.29, 0.717) is 0 Å². The number of fused-ring (bicyclic) bond motifs is 2.